The summed E-state index contributed by atoms with van der Waals surface area (Å²) in [6.07, 6.45) is 9.33. The zero-order valence-corrected chi connectivity index (χ0v) is 24.1. The molecule has 0 radical (unpaired) electrons. The van der Waals surface area contributed by atoms with Gasteiger partial charge in [0.2, 0.25) is 0 Å². The number of hydrogen-bond donors (Lipinski definition) is 2. The second-order valence-corrected chi connectivity index (χ2v) is 12.7. The normalized spacial score (nSPS) is 36.4. The Bertz CT molecular complexity index is 1230. The molecule has 5 rings (SSSR count). The van der Waals surface area contributed by atoms with Crippen molar-refractivity contribution in [2.45, 2.75) is 83.8 Å². The summed E-state index contributed by atoms with van der Waals surface area (Å²) in [6.45, 7) is 5.79. The number of hydrogen-bond acceptors (Lipinski definition) is 7. The fourth-order valence-corrected chi connectivity index (χ4v) is 8.66. The summed E-state index contributed by atoms with van der Waals surface area (Å²) < 4.78 is 4.86. The maximum Gasteiger partial charge on any atom is 0.333 e. The van der Waals surface area contributed by atoms with Crippen LogP contribution in [0.1, 0.15) is 83.7 Å². The van der Waals surface area contributed by atoms with Crippen LogP contribution in [-0.4, -0.2) is 47.8 Å². The van der Waals surface area contributed by atoms with Crippen LogP contribution in [0.25, 0.3) is 0 Å². The van der Waals surface area contributed by atoms with Crippen LogP contribution in [0, 0.1) is 28.6 Å². The lowest BCUT2D eigenvalue weighted by atomic mass is 9.46. The summed E-state index contributed by atoms with van der Waals surface area (Å²) in [6, 6.07) is 8.03. The van der Waals surface area contributed by atoms with Gasteiger partial charge in [0, 0.05) is 5.41 Å². The van der Waals surface area contributed by atoms with E-state index in [4.69, 9.17) is 9.57 Å². The maximum absolute atomic E-state index is 12.6. The van der Waals surface area contributed by atoms with Crippen LogP contribution in [0.3, 0.4) is 0 Å². The Balaban J connectivity index is 1.23. The van der Waals surface area contributed by atoms with Crippen LogP contribution in [0.4, 0.5) is 0 Å². The molecule has 216 valence electrons. The third kappa shape index (κ3) is 4.68. The molecule has 2 N–H and O–H groups in total. The monoisotopic (exact) mass is 550 g/mol. The number of nitrogens with one attached hydrogen (secondary N) is 1. The summed E-state index contributed by atoms with van der Waals surface area (Å²) >= 11 is 0. The number of amides is 1. The van der Waals surface area contributed by atoms with E-state index < -0.39 is 23.5 Å². The Labute approximate surface area is 236 Å². The number of nitrogens with zero attached hydrogens (tertiary/aromatic N) is 1. The first kappa shape index (κ1) is 28.5. The first-order valence-electron chi connectivity index (χ1n) is 14.6. The molecule has 8 heteroatoms. The third-order valence-corrected chi connectivity index (χ3v) is 11.0. The maximum atomic E-state index is 12.6. The number of aliphatic hydroxyl groups is 1. The molecule has 0 saturated heterocycles. The lowest BCUT2D eigenvalue weighted by Crippen LogP contribution is -2.57. The van der Waals surface area contributed by atoms with Crippen molar-refractivity contribution in [3.63, 3.8) is 0 Å². The average molecular weight is 551 g/mol. The van der Waals surface area contributed by atoms with Crippen LogP contribution in [0.15, 0.2) is 47.1 Å². The quantitative estimate of drug-likeness (QED) is 0.377. The molecule has 8 nitrogen and oxygen atoms in total. The summed E-state index contributed by atoms with van der Waals surface area (Å²) in [5, 5.41) is 18.3. The Morgan fingerprint density at radius 3 is 2.48 bits per heavy atom. The number of rotatable bonds is 7. The number of benzene rings is 1. The fourth-order valence-electron chi connectivity index (χ4n) is 8.66. The highest BCUT2D eigenvalue weighted by atomic mass is 16.6. The Kier molecular flexibility index (Phi) is 7.68. The van der Waals surface area contributed by atoms with Crippen LogP contribution >= 0.6 is 0 Å². The molecule has 1 aromatic rings. The number of carbonyl (C=O) groups excluding carboxylic acids is 3. The van der Waals surface area contributed by atoms with E-state index in [1.807, 2.05) is 6.07 Å². The minimum absolute atomic E-state index is 0.0704. The number of ether oxygens (including phenoxy) is 1. The second kappa shape index (κ2) is 10.8. The number of oxime groups is 1. The van der Waals surface area contributed by atoms with Gasteiger partial charge in [-0.15, -0.1) is 0 Å². The number of methoxy groups -OCH3 is 1. The number of ketones is 1. The van der Waals surface area contributed by atoms with Crippen molar-refractivity contribution >= 4 is 23.4 Å². The van der Waals surface area contributed by atoms with Crippen molar-refractivity contribution in [2.75, 3.05) is 13.7 Å². The van der Waals surface area contributed by atoms with Crippen molar-refractivity contribution < 1.29 is 29.1 Å². The van der Waals surface area contributed by atoms with E-state index in [0.29, 0.717) is 29.7 Å². The van der Waals surface area contributed by atoms with E-state index in [2.05, 4.69) is 30.4 Å². The Morgan fingerprint density at radius 1 is 1.05 bits per heavy atom. The third-order valence-electron chi connectivity index (χ3n) is 11.0. The molecule has 40 heavy (non-hydrogen) atoms. The molecule has 0 bridgehead atoms. The number of Topliss-reactive ketones (excluding diaryl/α,β-unsaturated/α-hetero) is 1. The van der Waals surface area contributed by atoms with Gasteiger partial charge < -0.3 is 20.0 Å². The van der Waals surface area contributed by atoms with Crippen molar-refractivity contribution in [3.05, 3.63) is 47.5 Å². The molecule has 0 aliphatic heterocycles. The minimum atomic E-state index is -1.19. The lowest BCUT2D eigenvalue weighted by Gasteiger charge is -2.59. The van der Waals surface area contributed by atoms with E-state index in [9.17, 15) is 19.5 Å². The molecule has 1 amide bonds. The molecule has 1 aromatic carbocycles. The van der Waals surface area contributed by atoms with E-state index in [0.717, 1.165) is 50.7 Å². The molecule has 0 spiro atoms. The zero-order chi connectivity index (χ0) is 28.7. The van der Waals surface area contributed by atoms with Crippen molar-refractivity contribution in [1.29, 1.82) is 0 Å². The number of fused-ring (bicyclic) bond motifs is 5. The SMILES string of the molecule is COC(=O)[C@@H](NC(=O)CON=C1C=C2CC[C@@H]3[C@@H](CC[C@@]4(C)[C@@H]3CC[C@@]4(O)C(C)=O)[C@@]2(C)CC1)c1ccccc1. The van der Waals surface area contributed by atoms with E-state index in [-0.39, 0.29) is 23.2 Å². The average Bonchev–Trinajstić information content (AvgIpc) is 3.23. The van der Waals surface area contributed by atoms with Gasteiger partial charge in [0.25, 0.3) is 5.91 Å². The summed E-state index contributed by atoms with van der Waals surface area (Å²) in [5.41, 5.74) is 1.41. The molecule has 0 aromatic heterocycles. The van der Waals surface area contributed by atoms with Crippen molar-refractivity contribution in [2.24, 2.45) is 33.7 Å². The van der Waals surface area contributed by atoms with Gasteiger partial charge in [-0.05, 0) is 93.1 Å². The predicted octanol–water partition coefficient (Wildman–Crippen LogP) is 4.67. The highest BCUT2D eigenvalue weighted by Gasteiger charge is 2.65. The van der Waals surface area contributed by atoms with Gasteiger partial charge in [-0.25, -0.2) is 4.79 Å². The predicted molar refractivity (Wildman–Crippen MR) is 150 cm³/mol. The lowest BCUT2D eigenvalue weighted by molar-refractivity contribution is -0.159. The van der Waals surface area contributed by atoms with Crippen LogP contribution in [0.2, 0.25) is 0 Å². The van der Waals surface area contributed by atoms with Gasteiger partial charge in [-0.3, -0.25) is 9.59 Å². The van der Waals surface area contributed by atoms with Crippen molar-refractivity contribution in [1.82, 2.24) is 5.32 Å². The molecular formula is C32H42N2O6. The summed E-state index contributed by atoms with van der Waals surface area (Å²) in [5.74, 6) is 0.336. The van der Waals surface area contributed by atoms with E-state index in [1.165, 1.54) is 12.7 Å². The molecular weight excluding hydrogens is 508 g/mol. The first-order chi connectivity index (χ1) is 19.0. The highest BCUT2D eigenvalue weighted by molar-refractivity contribution is 5.96. The molecule has 4 aliphatic rings. The largest absolute Gasteiger partial charge is 0.467 e. The van der Waals surface area contributed by atoms with Crippen LogP contribution in [-0.2, 0) is 24.0 Å². The van der Waals surface area contributed by atoms with Crippen molar-refractivity contribution in [3.8, 4) is 0 Å². The van der Waals surface area contributed by atoms with Crippen LogP contribution in [0.5, 0.6) is 0 Å². The van der Waals surface area contributed by atoms with E-state index in [1.54, 1.807) is 31.2 Å². The summed E-state index contributed by atoms with van der Waals surface area (Å²) in [7, 11) is 1.29. The molecule has 7 atom stereocenters. The molecule has 0 unspecified atom stereocenters. The van der Waals surface area contributed by atoms with Gasteiger partial charge in [0.1, 0.15) is 5.60 Å². The Hall–Kier alpha value is -3.00. The molecule has 3 fully saturated rings. The van der Waals surface area contributed by atoms with E-state index >= 15 is 0 Å². The van der Waals surface area contributed by atoms with Crippen LogP contribution < -0.4 is 5.32 Å². The molecule has 3 saturated carbocycles. The van der Waals surface area contributed by atoms with Gasteiger partial charge in [0.05, 0.1) is 12.8 Å². The fraction of sp³-hybridized carbons (Fsp3) is 0.625. The van der Waals surface area contributed by atoms with Gasteiger partial charge >= 0.3 is 5.97 Å². The smallest absolute Gasteiger partial charge is 0.333 e. The molecule has 0 heterocycles. The number of allylic oxidation sites excluding steroid dienone is 2. The van der Waals surface area contributed by atoms with Gasteiger partial charge in [-0.1, -0.05) is 54.9 Å². The highest BCUT2D eigenvalue weighted by Crippen LogP contribution is 2.67. The second-order valence-electron chi connectivity index (χ2n) is 12.7. The topological polar surface area (TPSA) is 114 Å². The number of carbonyl (C=O) groups is 3. The Morgan fingerprint density at radius 2 is 1.77 bits per heavy atom. The standard InChI is InChI=1S/C32H42N2O6/c1-20(35)32(38)17-14-26-24-11-10-22-18-23(12-15-30(22,2)25(24)13-16-31(26,32)3)34-40-19-27(36)33-28(29(37)39-4)21-8-6-5-7-9-21/h5-9,18,24-26,28,38H,10-17,19H2,1-4H3,(H,33,36)/t24-,25-,26-,28+,30+,31+,32-/m1/s1. The van der Waals surface area contributed by atoms with Gasteiger partial charge in [0.15, 0.2) is 18.4 Å². The summed E-state index contributed by atoms with van der Waals surface area (Å²) in [4.78, 5) is 42.7. The minimum Gasteiger partial charge on any atom is -0.467 e. The number of esters is 1. The zero-order valence-electron chi connectivity index (χ0n) is 24.1. The molecule has 4 aliphatic carbocycles. The first-order valence-corrected chi connectivity index (χ1v) is 14.6. The van der Waals surface area contributed by atoms with Gasteiger partial charge in [-0.2, -0.15) is 0 Å².